The molecule has 0 spiro atoms. The standard InChI is InChI=1S/C17H29N5O2S.HI/c1-4-22-11-7-9-15(22)13-20-17(18)19-12-14-8-5-6-10-16(14)25(23,24)21(2)3;/h5-6,8,10,15H,4,7,9,11-13H2,1-3H3,(H3,18,19,20);1H. The van der Waals surface area contributed by atoms with Crippen LogP contribution in [0.3, 0.4) is 0 Å². The van der Waals surface area contributed by atoms with Gasteiger partial charge in [0, 0.05) is 26.7 Å². The van der Waals surface area contributed by atoms with Gasteiger partial charge in [0.2, 0.25) is 10.0 Å². The van der Waals surface area contributed by atoms with Gasteiger partial charge in [0.05, 0.1) is 11.4 Å². The fourth-order valence-corrected chi connectivity index (χ4v) is 4.18. The minimum Gasteiger partial charge on any atom is -0.370 e. The molecule has 0 aliphatic carbocycles. The molecule has 0 bridgehead atoms. The third-order valence-electron chi connectivity index (χ3n) is 4.58. The molecule has 0 saturated carbocycles. The topological polar surface area (TPSA) is 91.0 Å². The van der Waals surface area contributed by atoms with Crippen LogP contribution in [0.2, 0.25) is 0 Å². The first kappa shape index (κ1) is 23.1. The summed E-state index contributed by atoms with van der Waals surface area (Å²) >= 11 is 0. The highest BCUT2D eigenvalue weighted by molar-refractivity contribution is 14.0. The van der Waals surface area contributed by atoms with Crippen molar-refractivity contribution in [2.45, 2.75) is 37.2 Å². The van der Waals surface area contributed by atoms with E-state index in [0.29, 0.717) is 17.6 Å². The van der Waals surface area contributed by atoms with Gasteiger partial charge in [-0.1, -0.05) is 25.1 Å². The van der Waals surface area contributed by atoms with Crippen LogP contribution in [-0.4, -0.2) is 63.4 Å². The zero-order valence-electron chi connectivity index (χ0n) is 15.7. The monoisotopic (exact) mass is 495 g/mol. The average molecular weight is 495 g/mol. The van der Waals surface area contributed by atoms with Crippen LogP contribution in [0.15, 0.2) is 34.2 Å². The highest BCUT2D eigenvalue weighted by atomic mass is 127. The second-order valence-electron chi connectivity index (χ2n) is 6.40. The number of benzene rings is 1. The lowest BCUT2D eigenvalue weighted by Gasteiger charge is -2.23. The molecule has 7 nitrogen and oxygen atoms in total. The number of nitrogens with one attached hydrogen (secondary N) is 1. The molecule has 1 saturated heterocycles. The number of aliphatic imine (C=N–C) groups is 1. The van der Waals surface area contributed by atoms with Crippen LogP contribution in [-0.2, 0) is 16.6 Å². The van der Waals surface area contributed by atoms with E-state index in [1.165, 1.54) is 24.8 Å². The summed E-state index contributed by atoms with van der Waals surface area (Å²) in [6.07, 6.45) is 2.38. The van der Waals surface area contributed by atoms with Gasteiger partial charge in [-0.2, -0.15) is 0 Å². The van der Waals surface area contributed by atoms with Crippen LogP contribution < -0.4 is 11.1 Å². The summed E-state index contributed by atoms with van der Waals surface area (Å²) in [5.74, 6) is 0.347. The Morgan fingerprint density at radius 2 is 2.08 bits per heavy atom. The van der Waals surface area contributed by atoms with E-state index in [-0.39, 0.29) is 35.4 Å². The number of hydrogen-bond acceptors (Lipinski definition) is 4. The summed E-state index contributed by atoms with van der Waals surface area (Å²) in [6, 6.07) is 7.37. The Morgan fingerprint density at radius 3 is 2.73 bits per heavy atom. The number of rotatable bonds is 7. The zero-order valence-corrected chi connectivity index (χ0v) is 18.8. The first-order valence-electron chi connectivity index (χ1n) is 8.64. The van der Waals surface area contributed by atoms with Crippen molar-refractivity contribution in [2.24, 2.45) is 10.7 Å². The van der Waals surface area contributed by atoms with Gasteiger partial charge < -0.3 is 11.1 Å². The number of likely N-dealkylation sites (tertiary alicyclic amines) is 1. The van der Waals surface area contributed by atoms with Gasteiger partial charge in [-0.05, 0) is 37.6 Å². The van der Waals surface area contributed by atoms with Crippen LogP contribution in [0.1, 0.15) is 25.3 Å². The number of halogens is 1. The molecule has 148 valence electrons. The minimum atomic E-state index is -3.50. The number of likely N-dealkylation sites (N-methyl/N-ethyl adjacent to an activating group) is 1. The van der Waals surface area contributed by atoms with Crippen molar-refractivity contribution in [1.29, 1.82) is 0 Å². The number of nitrogens with two attached hydrogens (primary N) is 1. The second kappa shape index (κ2) is 10.4. The van der Waals surface area contributed by atoms with E-state index in [2.05, 4.69) is 22.1 Å². The highest BCUT2D eigenvalue weighted by Gasteiger charge is 2.23. The Morgan fingerprint density at radius 1 is 1.38 bits per heavy atom. The minimum absolute atomic E-state index is 0. The summed E-state index contributed by atoms with van der Waals surface area (Å²) < 4.78 is 26.0. The third-order valence-corrected chi connectivity index (χ3v) is 6.49. The Bertz CT molecular complexity index is 709. The number of sulfonamides is 1. The Hall–Kier alpha value is -0.910. The van der Waals surface area contributed by atoms with Crippen molar-refractivity contribution in [2.75, 3.05) is 33.7 Å². The van der Waals surface area contributed by atoms with Gasteiger partial charge in [0.15, 0.2) is 5.96 Å². The maximum absolute atomic E-state index is 12.4. The molecule has 0 aromatic heterocycles. The van der Waals surface area contributed by atoms with E-state index in [4.69, 9.17) is 5.73 Å². The number of guanidine groups is 1. The van der Waals surface area contributed by atoms with E-state index in [1.54, 1.807) is 24.3 Å². The van der Waals surface area contributed by atoms with Gasteiger partial charge in [0.25, 0.3) is 0 Å². The lowest BCUT2D eigenvalue weighted by atomic mass is 10.2. The molecular formula is C17H30IN5O2S. The van der Waals surface area contributed by atoms with E-state index in [9.17, 15) is 8.42 Å². The molecule has 1 aromatic carbocycles. The molecule has 1 aliphatic heterocycles. The van der Waals surface area contributed by atoms with E-state index >= 15 is 0 Å². The van der Waals surface area contributed by atoms with Crippen molar-refractivity contribution in [3.8, 4) is 0 Å². The number of hydrogen-bond donors (Lipinski definition) is 2. The van der Waals surface area contributed by atoms with Crippen LogP contribution in [0.4, 0.5) is 0 Å². The molecule has 1 fully saturated rings. The Balaban J connectivity index is 0.00000338. The van der Waals surface area contributed by atoms with Gasteiger partial charge in [0.1, 0.15) is 0 Å². The summed E-state index contributed by atoms with van der Waals surface area (Å²) in [6.45, 7) is 5.33. The quantitative estimate of drug-likeness (QED) is 0.340. The first-order chi connectivity index (χ1) is 11.9. The van der Waals surface area contributed by atoms with Gasteiger partial charge in [-0.15, -0.1) is 24.0 Å². The Kier molecular flexibility index (Phi) is 9.28. The van der Waals surface area contributed by atoms with Crippen LogP contribution >= 0.6 is 24.0 Å². The smallest absolute Gasteiger partial charge is 0.242 e. The lowest BCUT2D eigenvalue weighted by Crippen LogP contribution is -2.42. The largest absolute Gasteiger partial charge is 0.370 e. The van der Waals surface area contributed by atoms with Gasteiger partial charge in [-0.25, -0.2) is 17.7 Å². The predicted octanol–water partition coefficient (Wildman–Crippen LogP) is 1.44. The van der Waals surface area contributed by atoms with Gasteiger partial charge in [-0.3, -0.25) is 4.90 Å². The van der Waals surface area contributed by atoms with Crippen LogP contribution in [0.25, 0.3) is 0 Å². The molecular weight excluding hydrogens is 465 g/mol. The van der Waals surface area contributed by atoms with Crippen LogP contribution in [0, 0.1) is 0 Å². The summed E-state index contributed by atoms with van der Waals surface area (Å²) in [5, 5.41) is 3.17. The molecule has 1 unspecified atom stereocenters. The maximum atomic E-state index is 12.4. The fourth-order valence-electron chi connectivity index (χ4n) is 3.07. The molecule has 9 heteroatoms. The molecule has 3 N–H and O–H groups in total. The first-order valence-corrected chi connectivity index (χ1v) is 10.1. The second-order valence-corrected chi connectivity index (χ2v) is 8.52. The van der Waals surface area contributed by atoms with Crippen molar-refractivity contribution >= 4 is 40.0 Å². The van der Waals surface area contributed by atoms with Crippen LogP contribution in [0.5, 0.6) is 0 Å². The molecule has 26 heavy (non-hydrogen) atoms. The molecule has 1 heterocycles. The average Bonchev–Trinajstić information content (AvgIpc) is 3.05. The van der Waals surface area contributed by atoms with E-state index in [0.717, 1.165) is 26.1 Å². The zero-order chi connectivity index (χ0) is 18.4. The molecule has 1 atom stereocenters. The maximum Gasteiger partial charge on any atom is 0.242 e. The lowest BCUT2D eigenvalue weighted by molar-refractivity contribution is 0.267. The van der Waals surface area contributed by atoms with Gasteiger partial charge >= 0.3 is 0 Å². The SMILES string of the molecule is CCN1CCCC1CNC(N)=NCc1ccccc1S(=O)(=O)N(C)C.I. The molecule has 0 amide bonds. The molecule has 1 aromatic rings. The molecule has 0 radical (unpaired) electrons. The van der Waals surface area contributed by atoms with Crippen molar-refractivity contribution in [3.05, 3.63) is 29.8 Å². The van der Waals surface area contributed by atoms with Crippen molar-refractivity contribution in [1.82, 2.24) is 14.5 Å². The molecule has 1 aliphatic rings. The fraction of sp³-hybridized carbons (Fsp3) is 0.588. The summed E-state index contributed by atoms with van der Waals surface area (Å²) in [4.78, 5) is 7.02. The normalized spacial score (nSPS) is 18.8. The van der Waals surface area contributed by atoms with E-state index < -0.39 is 10.0 Å². The van der Waals surface area contributed by atoms with Crippen molar-refractivity contribution in [3.63, 3.8) is 0 Å². The van der Waals surface area contributed by atoms with Crippen molar-refractivity contribution < 1.29 is 8.42 Å². The summed E-state index contributed by atoms with van der Waals surface area (Å²) in [5.41, 5.74) is 6.60. The third kappa shape index (κ3) is 5.80. The number of nitrogens with zero attached hydrogens (tertiary/aromatic N) is 3. The Labute approximate surface area is 174 Å². The molecule has 2 rings (SSSR count). The summed E-state index contributed by atoms with van der Waals surface area (Å²) in [7, 11) is -0.455. The highest BCUT2D eigenvalue weighted by Crippen LogP contribution is 2.19. The van der Waals surface area contributed by atoms with E-state index in [1.807, 2.05) is 0 Å². The predicted molar refractivity (Wildman–Crippen MR) is 116 cm³/mol.